The van der Waals surface area contributed by atoms with E-state index < -0.39 is 0 Å². The molecule has 146 valence electrons. The standard InChI is InChI=1S/C19H28FN3O2.ClH/c1-14(7-8-15-4-2-6-17(20)12-15)19(25)23-11-3-5-16(13-23)18(24)22-10-9-21;/h2,4,6,12,14,16H,3,5,7-11,13,21H2,1H3,(H,22,24);1H. The van der Waals surface area contributed by atoms with Gasteiger partial charge in [0.05, 0.1) is 5.92 Å². The summed E-state index contributed by atoms with van der Waals surface area (Å²) < 4.78 is 13.2. The molecular formula is C19H29ClFN3O2. The number of hydrogen-bond acceptors (Lipinski definition) is 3. The number of amides is 2. The Bertz CT molecular complexity index is 600. The van der Waals surface area contributed by atoms with Crippen molar-refractivity contribution in [3.63, 3.8) is 0 Å². The third-order valence-electron chi connectivity index (χ3n) is 4.72. The first-order valence-electron chi connectivity index (χ1n) is 9.02. The van der Waals surface area contributed by atoms with Crippen molar-refractivity contribution in [3.8, 4) is 0 Å². The predicted octanol–water partition coefficient (Wildman–Crippen LogP) is 2.13. The summed E-state index contributed by atoms with van der Waals surface area (Å²) in [4.78, 5) is 26.6. The summed E-state index contributed by atoms with van der Waals surface area (Å²) in [5, 5.41) is 2.81. The average Bonchev–Trinajstić information content (AvgIpc) is 2.63. The number of nitrogens with one attached hydrogen (secondary N) is 1. The van der Waals surface area contributed by atoms with Gasteiger partial charge in [-0.05, 0) is 43.4 Å². The molecule has 0 bridgehead atoms. The smallest absolute Gasteiger partial charge is 0.225 e. The van der Waals surface area contributed by atoms with Crippen LogP contribution in [0.5, 0.6) is 0 Å². The molecule has 1 saturated heterocycles. The zero-order valence-corrected chi connectivity index (χ0v) is 16.1. The molecule has 5 nitrogen and oxygen atoms in total. The van der Waals surface area contributed by atoms with E-state index in [1.807, 2.05) is 13.0 Å². The molecule has 2 rings (SSSR count). The zero-order valence-electron chi connectivity index (χ0n) is 15.2. The van der Waals surface area contributed by atoms with Gasteiger partial charge in [-0.3, -0.25) is 9.59 Å². The molecule has 1 aliphatic rings. The fraction of sp³-hybridized carbons (Fsp3) is 0.579. The highest BCUT2D eigenvalue weighted by Crippen LogP contribution is 2.20. The molecule has 1 fully saturated rings. The minimum Gasteiger partial charge on any atom is -0.355 e. The Morgan fingerprint density at radius 2 is 2.19 bits per heavy atom. The Morgan fingerprint density at radius 1 is 1.42 bits per heavy atom. The maximum absolute atomic E-state index is 13.2. The molecule has 1 aliphatic heterocycles. The van der Waals surface area contributed by atoms with E-state index in [9.17, 15) is 14.0 Å². The Balaban J connectivity index is 0.00000338. The Kier molecular flexibility index (Phi) is 9.59. The van der Waals surface area contributed by atoms with Crippen molar-refractivity contribution in [2.75, 3.05) is 26.2 Å². The molecule has 2 unspecified atom stereocenters. The Morgan fingerprint density at radius 3 is 2.88 bits per heavy atom. The maximum Gasteiger partial charge on any atom is 0.225 e. The first-order valence-corrected chi connectivity index (χ1v) is 9.02. The normalized spacial score (nSPS) is 18.0. The third-order valence-corrected chi connectivity index (χ3v) is 4.72. The van der Waals surface area contributed by atoms with Crippen LogP contribution in [0.4, 0.5) is 4.39 Å². The van der Waals surface area contributed by atoms with Crippen LogP contribution in [0.1, 0.15) is 31.7 Å². The molecule has 2 amide bonds. The van der Waals surface area contributed by atoms with E-state index in [1.165, 1.54) is 12.1 Å². The number of benzene rings is 1. The van der Waals surface area contributed by atoms with Crippen molar-refractivity contribution in [3.05, 3.63) is 35.6 Å². The minimum absolute atomic E-state index is 0. The molecule has 1 heterocycles. The van der Waals surface area contributed by atoms with Crippen molar-refractivity contribution in [1.29, 1.82) is 0 Å². The van der Waals surface area contributed by atoms with Crippen molar-refractivity contribution in [1.82, 2.24) is 10.2 Å². The van der Waals surface area contributed by atoms with Gasteiger partial charge in [0.15, 0.2) is 0 Å². The lowest BCUT2D eigenvalue weighted by Crippen LogP contribution is -2.47. The highest BCUT2D eigenvalue weighted by molar-refractivity contribution is 5.85. The van der Waals surface area contributed by atoms with Crippen molar-refractivity contribution < 1.29 is 14.0 Å². The van der Waals surface area contributed by atoms with Crippen LogP contribution in [0, 0.1) is 17.7 Å². The quantitative estimate of drug-likeness (QED) is 0.755. The SMILES string of the molecule is CC(CCc1cccc(F)c1)C(=O)N1CCCC(C(=O)NCCN)C1.Cl. The van der Waals surface area contributed by atoms with Crippen molar-refractivity contribution in [2.24, 2.45) is 17.6 Å². The predicted molar refractivity (Wildman–Crippen MR) is 103 cm³/mol. The number of likely N-dealkylation sites (tertiary alicyclic amines) is 1. The fourth-order valence-electron chi connectivity index (χ4n) is 3.24. The van der Waals surface area contributed by atoms with Gasteiger partial charge >= 0.3 is 0 Å². The van der Waals surface area contributed by atoms with Gasteiger partial charge in [-0.1, -0.05) is 19.1 Å². The summed E-state index contributed by atoms with van der Waals surface area (Å²) in [6, 6.07) is 6.49. The van der Waals surface area contributed by atoms with Crippen LogP contribution in [0.25, 0.3) is 0 Å². The van der Waals surface area contributed by atoms with Crippen LogP contribution < -0.4 is 11.1 Å². The third kappa shape index (κ3) is 6.57. The van der Waals surface area contributed by atoms with Gasteiger partial charge in [-0.15, -0.1) is 12.4 Å². The van der Waals surface area contributed by atoms with E-state index in [0.29, 0.717) is 39.0 Å². The molecule has 1 aromatic rings. The van der Waals surface area contributed by atoms with Gasteiger partial charge in [0.1, 0.15) is 5.82 Å². The van der Waals surface area contributed by atoms with E-state index in [1.54, 1.807) is 11.0 Å². The second kappa shape index (κ2) is 11.1. The average molecular weight is 386 g/mol. The number of hydrogen-bond donors (Lipinski definition) is 2. The lowest BCUT2D eigenvalue weighted by atomic mass is 9.94. The van der Waals surface area contributed by atoms with E-state index in [0.717, 1.165) is 18.4 Å². The van der Waals surface area contributed by atoms with Gasteiger partial charge < -0.3 is 16.0 Å². The number of carbonyl (C=O) groups is 2. The molecule has 0 aromatic heterocycles. The molecule has 0 saturated carbocycles. The topological polar surface area (TPSA) is 75.4 Å². The van der Waals surface area contributed by atoms with Gasteiger partial charge in [-0.2, -0.15) is 0 Å². The lowest BCUT2D eigenvalue weighted by Gasteiger charge is -2.33. The van der Waals surface area contributed by atoms with Gasteiger partial charge in [-0.25, -0.2) is 4.39 Å². The largest absolute Gasteiger partial charge is 0.355 e. The van der Waals surface area contributed by atoms with Gasteiger partial charge in [0.2, 0.25) is 11.8 Å². The van der Waals surface area contributed by atoms with Crippen LogP contribution in [-0.4, -0.2) is 42.9 Å². The molecule has 2 atom stereocenters. The number of nitrogens with two attached hydrogens (primary N) is 1. The molecule has 26 heavy (non-hydrogen) atoms. The second-order valence-electron chi connectivity index (χ2n) is 6.77. The highest BCUT2D eigenvalue weighted by Gasteiger charge is 2.30. The molecule has 1 aromatic carbocycles. The van der Waals surface area contributed by atoms with E-state index >= 15 is 0 Å². The Hall–Kier alpha value is -1.66. The van der Waals surface area contributed by atoms with Crippen molar-refractivity contribution in [2.45, 2.75) is 32.6 Å². The number of nitrogens with zero attached hydrogens (tertiary/aromatic N) is 1. The van der Waals surface area contributed by atoms with Crippen LogP contribution in [0.15, 0.2) is 24.3 Å². The van der Waals surface area contributed by atoms with E-state index in [2.05, 4.69) is 5.32 Å². The highest BCUT2D eigenvalue weighted by atomic mass is 35.5. The number of rotatable bonds is 7. The van der Waals surface area contributed by atoms with Crippen LogP contribution in [0.3, 0.4) is 0 Å². The van der Waals surface area contributed by atoms with Gasteiger partial charge in [0, 0.05) is 32.1 Å². The summed E-state index contributed by atoms with van der Waals surface area (Å²) >= 11 is 0. The fourth-order valence-corrected chi connectivity index (χ4v) is 3.24. The first kappa shape index (κ1) is 22.4. The molecule has 0 aliphatic carbocycles. The number of piperidine rings is 1. The lowest BCUT2D eigenvalue weighted by molar-refractivity contribution is -0.139. The van der Waals surface area contributed by atoms with Crippen molar-refractivity contribution >= 4 is 24.2 Å². The first-order chi connectivity index (χ1) is 12.0. The van der Waals surface area contributed by atoms with Crippen LogP contribution in [-0.2, 0) is 16.0 Å². The summed E-state index contributed by atoms with van der Waals surface area (Å²) in [5.41, 5.74) is 6.31. The molecular weight excluding hydrogens is 357 g/mol. The Labute approximate surface area is 160 Å². The zero-order chi connectivity index (χ0) is 18.2. The van der Waals surface area contributed by atoms with Gasteiger partial charge in [0.25, 0.3) is 0 Å². The maximum atomic E-state index is 13.2. The van der Waals surface area contributed by atoms with Crippen LogP contribution in [0.2, 0.25) is 0 Å². The van der Waals surface area contributed by atoms with E-state index in [-0.39, 0.29) is 41.9 Å². The van der Waals surface area contributed by atoms with Crippen LogP contribution >= 0.6 is 12.4 Å². The number of halogens is 2. The number of aryl methyl sites for hydroxylation is 1. The summed E-state index contributed by atoms with van der Waals surface area (Å²) in [6.07, 6.45) is 2.97. The van der Waals surface area contributed by atoms with E-state index in [4.69, 9.17) is 5.73 Å². The molecule has 3 N–H and O–H groups in total. The summed E-state index contributed by atoms with van der Waals surface area (Å²) in [5.74, 6) is -0.490. The summed E-state index contributed by atoms with van der Waals surface area (Å²) in [7, 11) is 0. The minimum atomic E-state index is -0.251. The molecule has 0 radical (unpaired) electrons. The molecule has 0 spiro atoms. The second-order valence-corrected chi connectivity index (χ2v) is 6.77. The number of carbonyl (C=O) groups excluding carboxylic acids is 2. The monoisotopic (exact) mass is 385 g/mol. The molecule has 7 heteroatoms. The summed E-state index contributed by atoms with van der Waals surface area (Å²) in [6.45, 7) is 3.95.